The van der Waals surface area contributed by atoms with Crippen LogP contribution in [0.25, 0.3) is 0 Å². The van der Waals surface area contributed by atoms with Crippen molar-refractivity contribution in [1.82, 2.24) is 5.06 Å². The smallest absolute Gasteiger partial charge is 0.175 e. The Bertz CT molecular complexity index is 626. The highest BCUT2D eigenvalue weighted by molar-refractivity contribution is 5.13. The van der Waals surface area contributed by atoms with Gasteiger partial charge in [0.15, 0.2) is 5.79 Å². The number of nitrogens with zero attached hydrogens (tertiary/aromatic N) is 1. The summed E-state index contributed by atoms with van der Waals surface area (Å²) in [7, 11) is 0. The zero-order valence-electron chi connectivity index (χ0n) is 17.4. The van der Waals surface area contributed by atoms with Crippen molar-refractivity contribution < 1.29 is 19.4 Å². The molecule has 1 spiro atoms. The zero-order chi connectivity index (χ0) is 19.7. The van der Waals surface area contributed by atoms with Gasteiger partial charge in [-0.1, -0.05) is 51.1 Å². The minimum Gasteiger partial charge on any atom is -0.374 e. The van der Waals surface area contributed by atoms with Crippen LogP contribution in [0.4, 0.5) is 0 Å². The Balaban J connectivity index is 1.68. The van der Waals surface area contributed by atoms with Crippen LogP contribution < -0.4 is 0 Å². The van der Waals surface area contributed by atoms with E-state index in [4.69, 9.17) is 14.2 Å². The summed E-state index contributed by atoms with van der Waals surface area (Å²) in [4.78, 5) is 0. The molecule has 151 valence electrons. The summed E-state index contributed by atoms with van der Waals surface area (Å²) >= 11 is 0. The van der Waals surface area contributed by atoms with E-state index < -0.39 is 16.9 Å². The fraction of sp³-hybridized carbons (Fsp3) is 0.727. The predicted octanol–water partition coefficient (Wildman–Crippen LogP) is 4.34. The lowest BCUT2D eigenvalue weighted by molar-refractivity contribution is -0.374. The molecule has 2 fully saturated rings. The molecular weight excluding hydrogens is 342 g/mol. The van der Waals surface area contributed by atoms with Crippen molar-refractivity contribution in [3.05, 3.63) is 35.9 Å². The van der Waals surface area contributed by atoms with Crippen molar-refractivity contribution in [1.29, 1.82) is 0 Å². The maximum Gasteiger partial charge on any atom is 0.175 e. The maximum absolute atomic E-state index is 13.2. The van der Waals surface area contributed by atoms with Gasteiger partial charge in [-0.3, -0.25) is 0 Å². The second kappa shape index (κ2) is 7.80. The van der Waals surface area contributed by atoms with Crippen LogP contribution in [-0.4, -0.2) is 41.2 Å². The molecule has 5 heteroatoms. The Kier molecular flexibility index (Phi) is 5.99. The first-order valence-electron chi connectivity index (χ1n) is 10.2. The first-order valence-corrected chi connectivity index (χ1v) is 10.2. The fourth-order valence-electron chi connectivity index (χ4n) is 4.61. The molecule has 5 unspecified atom stereocenters. The molecule has 0 aliphatic carbocycles. The number of hydrogen-bond acceptors (Lipinski definition) is 4. The van der Waals surface area contributed by atoms with E-state index in [1.54, 1.807) is 0 Å². The van der Waals surface area contributed by atoms with Gasteiger partial charge in [-0.25, -0.2) is 0 Å². The monoisotopic (exact) mass is 376 g/mol. The highest BCUT2D eigenvalue weighted by Gasteiger charge is 2.63. The zero-order valence-corrected chi connectivity index (χ0v) is 17.4. The summed E-state index contributed by atoms with van der Waals surface area (Å²) in [5, 5.41) is 14.5. The minimum atomic E-state index is -0.711. The van der Waals surface area contributed by atoms with Gasteiger partial charge in [-0.15, -0.1) is 10.3 Å². The van der Waals surface area contributed by atoms with E-state index in [0.717, 1.165) is 18.4 Å². The standard InChI is InChI=1S/C22H34NO4/c1-6-20(4)16-22(17(3)21(5,7-2)23(20)24)26-15-19(27-22)14-25-13-18-11-9-8-10-12-18/h8-12,17,19H,6-7,13-16H2,1-5H3. The predicted molar refractivity (Wildman–Crippen MR) is 103 cm³/mol. The van der Waals surface area contributed by atoms with E-state index in [0.29, 0.717) is 26.2 Å². The summed E-state index contributed by atoms with van der Waals surface area (Å²) in [5.41, 5.74) is 0.149. The van der Waals surface area contributed by atoms with Crippen LogP contribution in [-0.2, 0) is 26.0 Å². The molecule has 3 rings (SSSR count). The normalized spacial score (nSPS) is 39.9. The molecule has 1 aromatic carbocycles. The molecule has 0 N–H and O–H groups in total. The number of ether oxygens (including phenoxy) is 3. The minimum absolute atomic E-state index is 0.0220. The van der Waals surface area contributed by atoms with Crippen molar-refractivity contribution >= 4 is 0 Å². The van der Waals surface area contributed by atoms with Crippen molar-refractivity contribution in [2.75, 3.05) is 13.2 Å². The van der Waals surface area contributed by atoms with Crippen LogP contribution in [0.15, 0.2) is 30.3 Å². The summed E-state index contributed by atoms with van der Waals surface area (Å²) in [5.74, 6) is -0.733. The quantitative estimate of drug-likeness (QED) is 0.741. The van der Waals surface area contributed by atoms with Crippen LogP contribution in [0.2, 0.25) is 0 Å². The van der Waals surface area contributed by atoms with E-state index in [-0.39, 0.29) is 12.0 Å². The Morgan fingerprint density at radius 1 is 1.19 bits per heavy atom. The summed E-state index contributed by atoms with van der Waals surface area (Å²) in [6, 6.07) is 10.1. The molecule has 2 heterocycles. The first-order chi connectivity index (χ1) is 12.8. The summed E-state index contributed by atoms with van der Waals surface area (Å²) in [6.45, 7) is 11.9. The van der Waals surface area contributed by atoms with Crippen LogP contribution in [0, 0.1) is 5.92 Å². The Morgan fingerprint density at radius 3 is 2.52 bits per heavy atom. The molecule has 27 heavy (non-hydrogen) atoms. The van der Waals surface area contributed by atoms with Crippen LogP contribution >= 0.6 is 0 Å². The maximum atomic E-state index is 13.2. The second-order valence-corrected chi connectivity index (χ2v) is 8.62. The van der Waals surface area contributed by atoms with Gasteiger partial charge >= 0.3 is 0 Å². The van der Waals surface area contributed by atoms with E-state index >= 15 is 0 Å². The fourth-order valence-corrected chi connectivity index (χ4v) is 4.61. The molecule has 2 saturated heterocycles. The lowest BCUT2D eigenvalue weighted by atomic mass is 9.67. The van der Waals surface area contributed by atoms with Crippen LogP contribution in [0.3, 0.4) is 0 Å². The molecule has 1 radical (unpaired) electrons. The van der Waals surface area contributed by atoms with E-state index in [9.17, 15) is 5.21 Å². The third kappa shape index (κ3) is 3.68. The molecule has 0 aromatic heterocycles. The van der Waals surface area contributed by atoms with Gasteiger partial charge in [0, 0.05) is 12.3 Å². The van der Waals surface area contributed by atoms with Crippen LogP contribution in [0.1, 0.15) is 59.4 Å². The molecule has 5 nitrogen and oxygen atoms in total. The SMILES string of the molecule is CCC1(C)CC2(OCC(COCc3ccccc3)O2)C(C)C(C)(CC)N1[O]. The molecule has 1 aromatic rings. The summed E-state index contributed by atoms with van der Waals surface area (Å²) in [6.07, 6.45) is 2.02. The Hall–Kier alpha value is -0.980. The third-order valence-electron chi connectivity index (χ3n) is 6.95. The van der Waals surface area contributed by atoms with Gasteiger partial charge < -0.3 is 14.2 Å². The third-order valence-corrected chi connectivity index (χ3v) is 6.95. The highest BCUT2D eigenvalue weighted by atomic mass is 16.8. The molecule has 2 aliphatic heterocycles. The Labute approximate surface area is 163 Å². The van der Waals surface area contributed by atoms with Gasteiger partial charge in [0.25, 0.3) is 0 Å². The van der Waals surface area contributed by atoms with Crippen molar-refractivity contribution in [2.24, 2.45) is 5.92 Å². The molecule has 2 aliphatic rings. The van der Waals surface area contributed by atoms with E-state index in [1.165, 1.54) is 5.06 Å². The number of hydroxylamine groups is 2. The molecular formula is C22H34NO4. The topological polar surface area (TPSA) is 50.8 Å². The van der Waals surface area contributed by atoms with Gasteiger partial charge in [-0.2, -0.15) is 0 Å². The van der Waals surface area contributed by atoms with Crippen molar-refractivity contribution in [3.8, 4) is 0 Å². The molecule has 0 bridgehead atoms. The van der Waals surface area contributed by atoms with Gasteiger partial charge in [0.1, 0.15) is 6.10 Å². The number of hydrogen-bond donors (Lipinski definition) is 0. The average Bonchev–Trinajstić information content (AvgIpc) is 3.09. The van der Waals surface area contributed by atoms with Gasteiger partial charge in [0.2, 0.25) is 0 Å². The lowest BCUT2D eigenvalue weighted by Crippen LogP contribution is -2.70. The average molecular weight is 377 g/mol. The lowest BCUT2D eigenvalue weighted by Gasteiger charge is -2.59. The largest absolute Gasteiger partial charge is 0.374 e. The van der Waals surface area contributed by atoms with Crippen molar-refractivity contribution in [3.63, 3.8) is 0 Å². The molecule has 0 saturated carbocycles. The number of rotatable bonds is 6. The number of piperidine rings is 1. The first kappa shape index (κ1) is 20.7. The second-order valence-electron chi connectivity index (χ2n) is 8.62. The molecule has 0 amide bonds. The van der Waals surface area contributed by atoms with Crippen molar-refractivity contribution in [2.45, 2.75) is 83.5 Å². The highest BCUT2D eigenvalue weighted by Crippen LogP contribution is 2.53. The van der Waals surface area contributed by atoms with E-state index in [2.05, 4.69) is 32.9 Å². The van der Waals surface area contributed by atoms with E-state index in [1.807, 2.05) is 32.0 Å². The Morgan fingerprint density at radius 2 is 1.89 bits per heavy atom. The van der Waals surface area contributed by atoms with Gasteiger partial charge in [-0.05, 0) is 32.3 Å². The van der Waals surface area contributed by atoms with Gasteiger partial charge in [0.05, 0.1) is 30.9 Å². The number of benzene rings is 1. The van der Waals surface area contributed by atoms with Crippen LogP contribution in [0.5, 0.6) is 0 Å². The summed E-state index contributed by atoms with van der Waals surface area (Å²) < 4.78 is 18.6. The molecule has 5 atom stereocenters.